The maximum Gasteiger partial charge on any atom is 0.181 e. The summed E-state index contributed by atoms with van der Waals surface area (Å²) in [5.74, 6) is 1.58. The van der Waals surface area contributed by atoms with Gasteiger partial charge in [-0.15, -0.1) is 0 Å². The quantitative estimate of drug-likeness (QED) is 0.826. The highest BCUT2D eigenvalue weighted by molar-refractivity contribution is 5.62. The zero-order valence-corrected chi connectivity index (χ0v) is 9.62. The predicted molar refractivity (Wildman–Crippen MR) is 65.3 cm³/mol. The molecule has 84 valence electrons. The highest BCUT2D eigenvalue weighted by Crippen LogP contribution is 2.19. The summed E-state index contributed by atoms with van der Waals surface area (Å²) >= 11 is 0. The van der Waals surface area contributed by atoms with Crippen LogP contribution in [0.1, 0.15) is 19.2 Å². The molecule has 0 saturated carbocycles. The van der Waals surface area contributed by atoms with Crippen LogP contribution in [0.4, 0.5) is 5.69 Å². The zero-order valence-electron chi connectivity index (χ0n) is 9.62. The Morgan fingerprint density at radius 2 is 2.25 bits per heavy atom. The summed E-state index contributed by atoms with van der Waals surface area (Å²) in [5.41, 5.74) is 2.15. The number of aryl methyl sites for hydroxylation is 1. The summed E-state index contributed by atoms with van der Waals surface area (Å²) < 4.78 is 0. The van der Waals surface area contributed by atoms with Crippen molar-refractivity contribution in [1.82, 2.24) is 15.2 Å². The maximum absolute atomic E-state index is 4.31. The zero-order chi connectivity index (χ0) is 11.4. The molecule has 1 heterocycles. The van der Waals surface area contributed by atoms with Gasteiger partial charge in [-0.2, -0.15) is 5.10 Å². The third kappa shape index (κ3) is 2.39. The molecule has 4 heteroatoms. The first-order valence-electron chi connectivity index (χ1n) is 5.53. The summed E-state index contributed by atoms with van der Waals surface area (Å²) in [7, 11) is 0. The van der Waals surface area contributed by atoms with Crippen LogP contribution in [0, 0.1) is 6.92 Å². The largest absolute Gasteiger partial charge is 0.385 e. The van der Waals surface area contributed by atoms with Gasteiger partial charge in [0.2, 0.25) is 0 Å². The summed E-state index contributed by atoms with van der Waals surface area (Å²) in [6.45, 7) is 5.03. The van der Waals surface area contributed by atoms with Crippen molar-refractivity contribution in [3.05, 3.63) is 30.1 Å². The number of nitrogens with zero attached hydrogens (tertiary/aromatic N) is 2. The topological polar surface area (TPSA) is 53.6 Å². The Morgan fingerprint density at radius 3 is 2.94 bits per heavy atom. The van der Waals surface area contributed by atoms with Gasteiger partial charge in [0.15, 0.2) is 5.82 Å². The van der Waals surface area contributed by atoms with Crippen LogP contribution in [0.5, 0.6) is 0 Å². The van der Waals surface area contributed by atoms with Crippen LogP contribution in [0.15, 0.2) is 24.3 Å². The summed E-state index contributed by atoms with van der Waals surface area (Å²) in [5, 5.41) is 10.3. The molecule has 1 aromatic carbocycles. The number of aromatic nitrogens is 3. The van der Waals surface area contributed by atoms with Gasteiger partial charge in [-0.3, -0.25) is 5.10 Å². The molecule has 0 aliphatic rings. The van der Waals surface area contributed by atoms with Gasteiger partial charge >= 0.3 is 0 Å². The van der Waals surface area contributed by atoms with Crippen LogP contribution in [-0.4, -0.2) is 21.7 Å². The van der Waals surface area contributed by atoms with Gasteiger partial charge in [0, 0.05) is 17.8 Å². The molecule has 0 fully saturated rings. The van der Waals surface area contributed by atoms with E-state index in [9.17, 15) is 0 Å². The van der Waals surface area contributed by atoms with E-state index in [4.69, 9.17) is 0 Å². The minimum Gasteiger partial charge on any atom is -0.385 e. The van der Waals surface area contributed by atoms with E-state index in [1.54, 1.807) is 0 Å². The Morgan fingerprint density at radius 1 is 1.38 bits per heavy atom. The number of aromatic amines is 1. The molecule has 0 saturated heterocycles. The molecule has 0 aliphatic carbocycles. The first-order chi connectivity index (χ1) is 7.79. The van der Waals surface area contributed by atoms with Crippen molar-refractivity contribution in [3.8, 4) is 11.4 Å². The molecule has 4 nitrogen and oxygen atoms in total. The van der Waals surface area contributed by atoms with Crippen LogP contribution in [-0.2, 0) is 0 Å². The van der Waals surface area contributed by atoms with Gasteiger partial charge in [0.1, 0.15) is 5.82 Å². The van der Waals surface area contributed by atoms with Crippen LogP contribution in [0.25, 0.3) is 11.4 Å². The van der Waals surface area contributed by atoms with Gasteiger partial charge in [-0.25, -0.2) is 4.98 Å². The van der Waals surface area contributed by atoms with Crippen LogP contribution < -0.4 is 5.32 Å². The smallest absolute Gasteiger partial charge is 0.181 e. The number of hydrogen-bond acceptors (Lipinski definition) is 3. The van der Waals surface area contributed by atoms with Crippen molar-refractivity contribution in [3.63, 3.8) is 0 Å². The molecule has 2 rings (SSSR count). The fourth-order valence-corrected chi connectivity index (χ4v) is 1.51. The minimum absolute atomic E-state index is 0.748. The Bertz CT molecular complexity index is 462. The third-order valence-electron chi connectivity index (χ3n) is 2.30. The molecule has 2 N–H and O–H groups in total. The van der Waals surface area contributed by atoms with Crippen LogP contribution in [0.2, 0.25) is 0 Å². The van der Waals surface area contributed by atoms with Crippen molar-refractivity contribution in [2.24, 2.45) is 0 Å². The average Bonchev–Trinajstić information content (AvgIpc) is 2.74. The average molecular weight is 216 g/mol. The SMILES string of the molecule is CCCNc1cccc(-c2n[nH]c(C)n2)c1. The Hall–Kier alpha value is -1.84. The lowest BCUT2D eigenvalue weighted by Gasteiger charge is -2.05. The van der Waals surface area contributed by atoms with Crippen molar-refractivity contribution < 1.29 is 0 Å². The Kier molecular flexibility index (Phi) is 3.19. The van der Waals surface area contributed by atoms with E-state index in [0.717, 1.165) is 35.9 Å². The molecule has 0 bridgehead atoms. The molecular formula is C12H16N4. The molecule has 0 unspecified atom stereocenters. The van der Waals surface area contributed by atoms with Crippen LogP contribution >= 0.6 is 0 Å². The summed E-state index contributed by atoms with van der Waals surface area (Å²) in [4.78, 5) is 4.31. The normalized spacial score (nSPS) is 10.4. The molecule has 0 spiro atoms. The molecule has 0 aliphatic heterocycles. The number of hydrogen-bond donors (Lipinski definition) is 2. The lowest BCUT2D eigenvalue weighted by atomic mass is 10.2. The van der Waals surface area contributed by atoms with Gasteiger partial charge in [-0.05, 0) is 25.5 Å². The van der Waals surface area contributed by atoms with E-state index in [0.29, 0.717) is 0 Å². The predicted octanol–water partition coefficient (Wildman–Crippen LogP) is 2.60. The summed E-state index contributed by atoms with van der Waals surface area (Å²) in [6, 6.07) is 8.15. The fraction of sp³-hybridized carbons (Fsp3) is 0.333. The maximum atomic E-state index is 4.31. The van der Waals surface area contributed by atoms with E-state index in [-0.39, 0.29) is 0 Å². The summed E-state index contributed by atoms with van der Waals surface area (Å²) in [6.07, 6.45) is 1.12. The second kappa shape index (κ2) is 4.79. The molecule has 1 aromatic heterocycles. The minimum atomic E-state index is 0.748. The van der Waals surface area contributed by atoms with E-state index in [2.05, 4.69) is 39.6 Å². The van der Waals surface area contributed by atoms with E-state index < -0.39 is 0 Å². The van der Waals surface area contributed by atoms with Crippen molar-refractivity contribution in [2.45, 2.75) is 20.3 Å². The molecule has 0 atom stereocenters. The Balaban J connectivity index is 2.22. The van der Waals surface area contributed by atoms with E-state index in [1.807, 2.05) is 19.1 Å². The molecule has 0 amide bonds. The fourth-order valence-electron chi connectivity index (χ4n) is 1.51. The lowest BCUT2D eigenvalue weighted by Crippen LogP contribution is -1.99. The standard InChI is InChI=1S/C12H16N4/c1-3-7-13-11-6-4-5-10(8-11)12-14-9(2)15-16-12/h4-6,8,13H,3,7H2,1-2H3,(H,14,15,16). The molecular weight excluding hydrogens is 200 g/mol. The number of nitrogens with one attached hydrogen (secondary N) is 2. The Labute approximate surface area is 95.1 Å². The van der Waals surface area contributed by atoms with Crippen LogP contribution in [0.3, 0.4) is 0 Å². The first kappa shape index (κ1) is 10.7. The number of anilines is 1. The first-order valence-corrected chi connectivity index (χ1v) is 5.53. The highest BCUT2D eigenvalue weighted by atomic mass is 15.2. The van der Waals surface area contributed by atoms with Crippen molar-refractivity contribution in [1.29, 1.82) is 0 Å². The second-order valence-corrected chi connectivity index (χ2v) is 3.75. The molecule has 16 heavy (non-hydrogen) atoms. The highest BCUT2D eigenvalue weighted by Gasteiger charge is 2.03. The second-order valence-electron chi connectivity index (χ2n) is 3.75. The van der Waals surface area contributed by atoms with Gasteiger partial charge in [-0.1, -0.05) is 19.1 Å². The molecule has 0 radical (unpaired) electrons. The van der Waals surface area contributed by atoms with E-state index in [1.165, 1.54) is 0 Å². The van der Waals surface area contributed by atoms with Gasteiger partial charge in [0.25, 0.3) is 0 Å². The monoisotopic (exact) mass is 216 g/mol. The third-order valence-corrected chi connectivity index (χ3v) is 2.30. The van der Waals surface area contributed by atoms with Crippen molar-refractivity contribution >= 4 is 5.69 Å². The molecule has 2 aromatic rings. The van der Waals surface area contributed by atoms with E-state index >= 15 is 0 Å². The van der Waals surface area contributed by atoms with Gasteiger partial charge in [0.05, 0.1) is 0 Å². The van der Waals surface area contributed by atoms with Gasteiger partial charge < -0.3 is 5.32 Å². The lowest BCUT2D eigenvalue weighted by molar-refractivity contribution is 0.980. The number of H-pyrrole nitrogens is 1. The number of rotatable bonds is 4. The van der Waals surface area contributed by atoms with Crippen molar-refractivity contribution in [2.75, 3.05) is 11.9 Å². The number of benzene rings is 1.